The molecule has 148 valence electrons. The summed E-state index contributed by atoms with van der Waals surface area (Å²) < 4.78 is 2.00. The van der Waals surface area contributed by atoms with Crippen LogP contribution >= 0.6 is 0 Å². The summed E-state index contributed by atoms with van der Waals surface area (Å²) in [4.78, 5) is 34.7. The maximum absolute atomic E-state index is 13.3. The average Bonchev–Trinajstić information content (AvgIpc) is 3.40. The van der Waals surface area contributed by atoms with Crippen LogP contribution < -0.4 is 0 Å². The molecule has 0 atom stereocenters. The quantitative estimate of drug-likeness (QED) is 0.801. The fourth-order valence-corrected chi connectivity index (χ4v) is 4.22. The normalized spacial score (nSPS) is 16.1. The van der Waals surface area contributed by atoms with Gasteiger partial charge in [0.05, 0.1) is 5.69 Å². The Morgan fingerprint density at radius 3 is 2.46 bits per heavy atom. The average molecular weight is 380 g/mol. The lowest BCUT2D eigenvalue weighted by Gasteiger charge is -2.23. The molecule has 2 amide bonds. The lowest BCUT2D eigenvalue weighted by atomic mass is 10.1. The monoisotopic (exact) mass is 380 g/mol. The van der Waals surface area contributed by atoms with Crippen LogP contribution in [0.25, 0.3) is 0 Å². The van der Waals surface area contributed by atoms with Crippen LogP contribution in [-0.2, 0) is 19.5 Å². The zero-order chi connectivity index (χ0) is 19.5. The lowest BCUT2D eigenvalue weighted by molar-refractivity contribution is 0.0734. The van der Waals surface area contributed by atoms with Crippen LogP contribution in [0.5, 0.6) is 0 Å². The number of amides is 2. The first-order valence-electron chi connectivity index (χ1n) is 10.4. The molecule has 2 aliphatic heterocycles. The lowest BCUT2D eigenvalue weighted by Crippen LogP contribution is -2.33. The van der Waals surface area contributed by atoms with E-state index in [4.69, 9.17) is 0 Å². The van der Waals surface area contributed by atoms with E-state index < -0.39 is 0 Å². The molecule has 3 heterocycles. The second-order valence-electron chi connectivity index (χ2n) is 7.64. The highest BCUT2D eigenvalue weighted by atomic mass is 16.2. The van der Waals surface area contributed by atoms with Crippen LogP contribution in [0.2, 0.25) is 0 Å². The van der Waals surface area contributed by atoms with E-state index in [0.717, 1.165) is 63.0 Å². The number of carbonyl (C=O) groups excluding carboxylic acids is 2. The van der Waals surface area contributed by atoms with Crippen molar-refractivity contribution in [2.75, 3.05) is 19.6 Å². The molecule has 0 radical (unpaired) electrons. The minimum Gasteiger partial charge on any atom is -0.337 e. The molecule has 6 nitrogen and oxygen atoms in total. The van der Waals surface area contributed by atoms with E-state index in [1.54, 1.807) is 0 Å². The van der Waals surface area contributed by atoms with Crippen LogP contribution in [0, 0.1) is 0 Å². The van der Waals surface area contributed by atoms with Crippen LogP contribution in [0.1, 0.15) is 65.0 Å². The topological polar surface area (TPSA) is 58.4 Å². The fraction of sp³-hybridized carbons (Fsp3) is 0.500. The van der Waals surface area contributed by atoms with Gasteiger partial charge in [-0.25, -0.2) is 4.98 Å². The highest BCUT2D eigenvalue weighted by Gasteiger charge is 2.32. The summed E-state index contributed by atoms with van der Waals surface area (Å²) in [7, 11) is 0. The largest absolute Gasteiger partial charge is 0.337 e. The summed E-state index contributed by atoms with van der Waals surface area (Å²) in [6, 6.07) is 10.00. The summed E-state index contributed by atoms with van der Waals surface area (Å²) in [6.07, 6.45) is 4.98. The van der Waals surface area contributed by atoms with Gasteiger partial charge in [0.1, 0.15) is 5.69 Å². The molecule has 28 heavy (non-hydrogen) atoms. The van der Waals surface area contributed by atoms with Crippen molar-refractivity contribution in [2.45, 2.75) is 52.1 Å². The number of fused-ring (bicyclic) bond motifs is 1. The molecule has 0 unspecified atom stereocenters. The number of carbonyl (C=O) groups is 2. The Hall–Kier alpha value is -2.63. The Bertz CT molecular complexity index is 853. The Balaban J connectivity index is 1.64. The van der Waals surface area contributed by atoms with E-state index in [1.165, 1.54) is 0 Å². The van der Waals surface area contributed by atoms with Crippen molar-refractivity contribution < 1.29 is 9.59 Å². The summed E-state index contributed by atoms with van der Waals surface area (Å²) in [5.74, 6) is 0.332. The van der Waals surface area contributed by atoms with E-state index in [2.05, 4.69) is 4.98 Å². The second kappa shape index (κ2) is 8.17. The molecular weight excluding hydrogens is 352 g/mol. The number of aromatic nitrogens is 2. The van der Waals surface area contributed by atoms with Crippen molar-refractivity contribution in [3.63, 3.8) is 0 Å². The number of imidazole rings is 1. The van der Waals surface area contributed by atoms with Crippen LogP contribution in [0.3, 0.4) is 0 Å². The third-order valence-electron chi connectivity index (χ3n) is 5.79. The number of hydrogen-bond donors (Lipinski definition) is 0. The number of benzene rings is 1. The SMILES string of the molecule is CCN(Cc1ccccc1)C(=O)c1nc(C(=O)N2CCCC2)c2n1CCCC2. The van der Waals surface area contributed by atoms with Gasteiger partial charge < -0.3 is 14.4 Å². The molecule has 0 saturated carbocycles. The van der Waals surface area contributed by atoms with Gasteiger partial charge in [0.15, 0.2) is 5.82 Å². The highest BCUT2D eigenvalue weighted by molar-refractivity contribution is 5.97. The first-order valence-corrected chi connectivity index (χ1v) is 10.4. The van der Waals surface area contributed by atoms with Gasteiger partial charge in [0.25, 0.3) is 11.8 Å². The van der Waals surface area contributed by atoms with Crippen molar-refractivity contribution in [3.05, 3.63) is 53.1 Å². The zero-order valence-electron chi connectivity index (χ0n) is 16.6. The van der Waals surface area contributed by atoms with Crippen molar-refractivity contribution in [1.29, 1.82) is 0 Å². The molecule has 0 N–H and O–H groups in total. The van der Waals surface area contributed by atoms with E-state index in [1.807, 2.05) is 51.6 Å². The maximum atomic E-state index is 13.3. The van der Waals surface area contributed by atoms with E-state index in [0.29, 0.717) is 24.6 Å². The molecule has 1 fully saturated rings. The zero-order valence-corrected chi connectivity index (χ0v) is 16.6. The van der Waals surface area contributed by atoms with Crippen LogP contribution in [0.15, 0.2) is 30.3 Å². The first-order chi connectivity index (χ1) is 13.7. The summed E-state index contributed by atoms with van der Waals surface area (Å²) in [5, 5.41) is 0. The number of hydrogen-bond acceptors (Lipinski definition) is 3. The third kappa shape index (κ3) is 3.55. The van der Waals surface area contributed by atoms with Crippen molar-refractivity contribution in [1.82, 2.24) is 19.4 Å². The Morgan fingerprint density at radius 1 is 1.04 bits per heavy atom. The first kappa shape index (κ1) is 18.7. The standard InChI is InChI=1S/C22H28N4O2/c1-2-24(16-17-10-4-3-5-11-17)22(28)20-23-19(18-12-6-7-15-26(18)20)21(27)25-13-8-9-14-25/h3-5,10-11H,2,6-9,12-16H2,1H3. The fourth-order valence-electron chi connectivity index (χ4n) is 4.22. The predicted octanol–water partition coefficient (Wildman–Crippen LogP) is 3.12. The highest BCUT2D eigenvalue weighted by Crippen LogP contribution is 2.24. The van der Waals surface area contributed by atoms with E-state index in [-0.39, 0.29) is 11.8 Å². The van der Waals surface area contributed by atoms with Crippen molar-refractivity contribution in [2.24, 2.45) is 0 Å². The smallest absolute Gasteiger partial charge is 0.290 e. The number of nitrogens with zero attached hydrogens (tertiary/aromatic N) is 4. The van der Waals surface area contributed by atoms with Gasteiger partial charge in [-0.2, -0.15) is 0 Å². The van der Waals surface area contributed by atoms with Crippen molar-refractivity contribution in [3.8, 4) is 0 Å². The van der Waals surface area contributed by atoms with Crippen molar-refractivity contribution >= 4 is 11.8 Å². The maximum Gasteiger partial charge on any atom is 0.290 e. The third-order valence-corrected chi connectivity index (χ3v) is 5.79. The van der Waals surface area contributed by atoms with E-state index in [9.17, 15) is 9.59 Å². The summed E-state index contributed by atoms with van der Waals surface area (Å²) >= 11 is 0. The molecule has 4 rings (SSSR count). The molecular formula is C22H28N4O2. The van der Waals surface area contributed by atoms with E-state index >= 15 is 0 Å². The Morgan fingerprint density at radius 2 is 1.75 bits per heavy atom. The molecule has 1 aromatic heterocycles. The van der Waals surface area contributed by atoms with Gasteiger partial charge in [-0.1, -0.05) is 30.3 Å². The van der Waals surface area contributed by atoms with Crippen LogP contribution in [0.4, 0.5) is 0 Å². The molecule has 2 aliphatic rings. The minimum absolute atomic E-state index is 0.00620. The number of likely N-dealkylation sites (tertiary alicyclic amines) is 1. The Labute approximate surface area is 166 Å². The molecule has 1 saturated heterocycles. The molecule has 1 aromatic carbocycles. The molecule has 0 spiro atoms. The van der Waals surface area contributed by atoms with Gasteiger partial charge in [-0.3, -0.25) is 9.59 Å². The predicted molar refractivity (Wildman–Crippen MR) is 107 cm³/mol. The molecule has 0 aliphatic carbocycles. The molecule has 0 bridgehead atoms. The summed E-state index contributed by atoms with van der Waals surface area (Å²) in [6.45, 7) is 5.49. The van der Waals surface area contributed by atoms with Gasteiger partial charge in [0.2, 0.25) is 0 Å². The minimum atomic E-state index is -0.0880. The summed E-state index contributed by atoms with van der Waals surface area (Å²) in [5.41, 5.74) is 2.54. The number of rotatable bonds is 5. The van der Waals surface area contributed by atoms with Gasteiger partial charge in [0, 0.05) is 32.7 Å². The van der Waals surface area contributed by atoms with Gasteiger partial charge in [-0.05, 0) is 44.6 Å². The van der Waals surface area contributed by atoms with Crippen LogP contribution in [-0.4, -0.2) is 50.8 Å². The second-order valence-corrected chi connectivity index (χ2v) is 7.64. The molecule has 2 aromatic rings. The molecule has 6 heteroatoms. The van der Waals surface area contributed by atoms with Gasteiger partial charge >= 0.3 is 0 Å². The Kier molecular flexibility index (Phi) is 5.46. The van der Waals surface area contributed by atoms with Gasteiger partial charge in [-0.15, -0.1) is 0 Å².